The minimum atomic E-state index is -0.0415. The first-order valence-corrected chi connectivity index (χ1v) is 11.4. The summed E-state index contributed by atoms with van der Waals surface area (Å²) in [5.74, 6) is 0.230. The zero-order valence-electron chi connectivity index (χ0n) is 17.9. The lowest BCUT2D eigenvalue weighted by molar-refractivity contribution is -0.113. The first-order valence-electron chi connectivity index (χ1n) is 10.4. The Hall–Kier alpha value is -3.30. The molecule has 0 aliphatic carbocycles. The molecule has 31 heavy (non-hydrogen) atoms. The summed E-state index contributed by atoms with van der Waals surface area (Å²) >= 11 is 1.46. The normalized spacial score (nSPS) is 11.0. The van der Waals surface area contributed by atoms with Gasteiger partial charge in [-0.1, -0.05) is 55.9 Å². The van der Waals surface area contributed by atoms with Gasteiger partial charge in [-0.25, -0.2) is 4.98 Å². The van der Waals surface area contributed by atoms with Crippen LogP contribution in [0, 0.1) is 18.3 Å². The summed E-state index contributed by atoms with van der Waals surface area (Å²) in [7, 11) is 0. The van der Waals surface area contributed by atoms with E-state index in [0.29, 0.717) is 11.2 Å². The molecule has 0 unspecified atom stereocenters. The number of benzene rings is 2. The second-order valence-electron chi connectivity index (χ2n) is 7.41. The fourth-order valence-corrected chi connectivity index (χ4v) is 4.80. The van der Waals surface area contributed by atoms with E-state index in [4.69, 9.17) is 0 Å². The first kappa shape index (κ1) is 21.0. The molecule has 0 radical (unpaired) electrons. The van der Waals surface area contributed by atoms with Gasteiger partial charge >= 0.3 is 0 Å². The van der Waals surface area contributed by atoms with Crippen molar-refractivity contribution in [1.29, 1.82) is 5.26 Å². The largest absolute Gasteiger partial charge is 0.325 e. The third-order valence-electron chi connectivity index (χ3n) is 5.47. The highest BCUT2D eigenvalue weighted by Gasteiger charge is 2.17. The molecule has 2 aromatic carbocycles. The molecule has 0 bridgehead atoms. The van der Waals surface area contributed by atoms with Crippen LogP contribution in [0.5, 0.6) is 0 Å². The van der Waals surface area contributed by atoms with Gasteiger partial charge in [0.05, 0.1) is 27.4 Å². The van der Waals surface area contributed by atoms with Gasteiger partial charge in [-0.15, -0.1) is 0 Å². The number of rotatable bonds is 6. The number of fused-ring (bicyclic) bond motifs is 3. The minimum Gasteiger partial charge on any atom is -0.325 e. The number of hydrogen-bond acceptors (Lipinski definition) is 4. The fourth-order valence-electron chi connectivity index (χ4n) is 3.88. The second kappa shape index (κ2) is 8.83. The van der Waals surface area contributed by atoms with Crippen molar-refractivity contribution < 1.29 is 4.79 Å². The summed E-state index contributed by atoms with van der Waals surface area (Å²) in [5.41, 5.74) is 7.06. The van der Waals surface area contributed by atoms with Crippen LogP contribution >= 0.6 is 11.8 Å². The maximum Gasteiger partial charge on any atom is 0.234 e. The molecule has 0 fully saturated rings. The summed E-state index contributed by atoms with van der Waals surface area (Å²) in [6.45, 7) is 6.10. The third kappa shape index (κ3) is 3.89. The Kier molecular flexibility index (Phi) is 5.97. The summed E-state index contributed by atoms with van der Waals surface area (Å²) in [4.78, 5) is 17.5. The maximum atomic E-state index is 12.9. The van der Waals surface area contributed by atoms with Crippen molar-refractivity contribution in [2.75, 3.05) is 11.1 Å². The van der Waals surface area contributed by atoms with Gasteiger partial charge in [-0.2, -0.15) is 5.26 Å². The molecule has 0 atom stereocenters. The Balaban J connectivity index is 1.66. The zero-order valence-corrected chi connectivity index (χ0v) is 18.7. The van der Waals surface area contributed by atoms with Crippen LogP contribution in [0.1, 0.15) is 36.1 Å². The molecule has 0 saturated heterocycles. The SMILES string of the molecule is CCc1cccc(CC)c1NC(=O)CSc1cc(C)c(C#N)c2nc3ccccc3n12. The summed E-state index contributed by atoms with van der Waals surface area (Å²) in [6, 6.07) is 18.2. The number of aromatic nitrogens is 2. The minimum absolute atomic E-state index is 0.0415. The van der Waals surface area contributed by atoms with Crippen molar-refractivity contribution in [2.24, 2.45) is 0 Å². The quantitative estimate of drug-likeness (QED) is 0.410. The van der Waals surface area contributed by atoms with E-state index in [0.717, 1.165) is 51.3 Å². The molecule has 2 aromatic heterocycles. The molecular weight excluding hydrogens is 404 g/mol. The predicted octanol–water partition coefficient (Wildman–Crippen LogP) is 5.52. The monoisotopic (exact) mass is 428 g/mol. The van der Waals surface area contributed by atoms with E-state index in [1.807, 2.05) is 47.7 Å². The Labute approximate surface area is 186 Å². The van der Waals surface area contributed by atoms with Gasteiger partial charge in [0, 0.05) is 5.69 Å². The summed E-state index contributed by atoms with van der Waals surface area (Å²) < 4.78 is 1.98. The van der Waals surface area contributed by atoms with E-state index < -0.39 is 0 Å². The van der Waals surface area contributed by atoms with E-state index >= 15 is 0 Å². The molecule has 4 aromatic rings. The van der Waals surface area contributed by atoms with Gasteiger partial charge in [0.1, 0.15) is 6.07 Å². The molecular formula is C25H24N4OS. The van der Waals surface area contributed by atoms with Gasteiger partial charge in [0.25, 0.3) is 0 Å². The molecule has 2 heterocycles. The molecule has 0 saturated carbocycles. The molecule has 1 amide bonds. The number of para-hydroxylation sites is 3. The second-order valence-corrected chi connectivity index (χ2v) is 8.40. The van der Waals surface area contributed by atoms with Crippen LogP contribution in [0.3, 0.4) is 0 Å². The number of amides is 1. The van der Waals surface area contributed by atoms with Gasteiger partial charge in [-0.05, 0) is 54.7 Å². The molecule has 1 N–H and O–H groups in total. The highest BCUT2D eigenvalue weighted by molar-refractivity contribution is 7.99. The van der Waals surface area contributed by atoms with E-state index in [-0.39, 0.29) is 11.7 Å². The molecule has 156 valence electrons. The van der Waals surface area contributed by atoms with Crippen LogP contribution in [0.15, 0.2) is 53.6 Å². The number of imidazole rings is 1. The number of aryl methyl sites for hydroxylation is 3. The number of anilines is 1. The van der Waals surface area contributed by atoms with Crippen LogP contribution in [0.2, 0.25) is 0 Å². The van der Waals surface area contributed by atoms with Crippen LogP contribution in [0.4, 0.5) is 5.69 Å². The van der Waals surface area contributed by atoms with Crippen molar-refractivity contribution in [3.63, 3.8) is 0 Å². The van der Waals surface area contributed by atoms with Crippen molar-refractivity contribution in [2.45, 2.75) is 38.6 Å². The number of thioether (sulfide) groups is 1. The Morgan fingerprint density at radius 1 is 1.13 bits per heavy atom. The first-order chi connectivity index (χ1) is 15.1. The number of nitriles is 1. The number of carbonyl (C=O) groups is 1. The lowest BCUT2D eigenvalue weighted by atomic mass is 10.0. The number of carbonyl (C=O) groups excluding carboxylic acids is 1. The number of nitrogens with zero attached hydrogens (tertiary/aromatic N) is 3. The van der Waals surface area contributed by atoms with E-state index in [1.54, 1.807) is 0 Å². The summed E-state index contributed by atoms with van der Waals surface area (Å²) in [6.07, 6.45) is 1.74. The van der Waals surface area contributed by atoms with Crippen LogP contribution in [0.25, 0.3) is 16.7 Å². The number of hydrogen-bond donors (Lipinski definition) is 1. The molecule has 4 rings (SSSR count). The Morgan fingerprint density at radius 2 is 1.84 bits per heavy atom. The van der Waals surface area contributed by atoms with E-state index in [2.05, 4.69) is 42.4 Å². The van der Waals surface area contributed by atoms with Crippen LogP contribution in [-0.4, -0.2) is 21.0 Å². The maximum absolute atomic E-state index is 12.9. The van der Waals surface area contributed by atoms with Crippen LogP contribution < -0.4 is 5.32 Å². The average Bonchev–Trinajstić information content (AvgIpc) is 3.17. The van der Waals surface area contributed by atoms with Gasteiger partial charge in [0.15, 0.2) is 5.65 Å². The van der Waals surface area contributed by atoms with Crippen LogP contribution in [-0.2, 0) is 17.6 Å². The lowest BCUT2D eigenvalue weighted by Gasteiger charge is -2.15. The molecule has 0 aliphatic heterocycles. The standard InChI is InChI=1S/C25H24N4OS/c1-4-17-9-8-10-18(5-2)24(17)28-22(30)15-31-23-13-16(3)19(14-26)25-27-20-11-6-7-12-21(20)29(23)25/h6-13H,4-5,15H2,1-3H3,(H,28,30). The van der Waals surface area contributed by atoms with Crippen molar-refractivity contribution in [3.05, 3.63) is 70.8 Å². The lowest BCUT2D eigenvalue weighted by Crippen LogP contribution is -2.17. The molecule has 6 heteroatoms. The molecule has 5 nitrogen and oxygen atoms in total. The van der Waals surface area contributed by atoms with Crippen molar-refractivity contribution in [1.82, 2.24) is 9.38 Å². The Bertz CT molecular complexity index is 1310. The van der Waals surface area contributed by atoms with Gasteiger partial charge in [0.2, 0.25) is 5.91 Å². The molecule has 0 spiro atoms. The number of pyridine rings is 1. The van der Waals surface area contributed by atoms with E-state index in [9.17, 15) is 10.1 Å². The predicted molar refractivity (Wildman–Crippen MR) is 127 cm³/mol. The highest BCUT2D eigenvalue weighted by Crippen LogP contribution is 2.30. The smallest absolute Gasteiger partial charge is 0.234 e. The summed E-state index contributed by atoms with van der Waals surface area (Å²) in [5, 5.41) is 13.7. The van der Waals surface area contributed by atoms with Crippen molar-refractivity contribution in [3.8, 4) is 6.07 Å². The van der Waals surface area contributed by atoms with Gasteiger partial charge < -0.3 is 5.32 Å². The topological polar surface area (TPSA) is 70.2 Å². The van der Waals surface area contributed by atoms with E-state index in [1.165, 1.54) is 11.8 Å². The average molecular weight is 429 g/mol. The zero-order chi connectivity index (χ0) is 22.0. The number of nitrogens with one attached hydrogen (secondary N) is 1. The Morgan fingerprint density at radius 3 is 2.52 bits per heavy atom. The third-order valence-corrected chi connectivity index (χ3v) is 6.47. The van der Waals surface area contributed by atoms with Crippen molar-refractivity contribution >= 4 is 40.0 Å². The molecule has 0 aliphatic rings. The highest BCUT2D eigenvalue weighted by atomic mass is 32.2. The fraction of sp³-hybridized carbons (Fsp3) is 0.240. The van der Waals surface area contributed by atoms with Gasteiger partial charge in [-0.3, -0.25) is 9.20 Å².